The Balaban J connectivity index is 2.19. The van der Waals surface area contributed by atoms with E-state index in [1.165, 1.54) is 32.2 Å². The van der Waals surface area contributed by atoms with Gasteiger partial charge in [0.1, 0.15) is 17.6 Å². The van der Waals surface area contributed by atoms with Gasteiger partial charge in [0.2, 0.25) is 0 Å². The van der Waals surface area contributed by atoms with Gasteiger partial charge in [-0.05, 0) is 18.2 Å². The zero-order chi connectivity index (χ0) is 16.1. The summed E-state index contributed by atoms with van der Waals surface area (Å²) in [5.74, 6) is 0.546. The average molecular weight is 307 g/mol. The lowest BCUT2D eigenvalue weighted by Crippen LogP contribution is -2.11. The van der Waals surface area contributed by atoms with E-state index in [1.807, 2.05) is 0 Å². The van der Waals surface area contributed by atoms with Gasteiger partial charge in [-0.25, -0.2) is 9.48 Å². The first-order valence-electron chi connectivity index (χ1n) is 6.47. The van der Waals surface area contributed by atoms with Crippen molar-refractivity contribution in [1.29, 1.82) is 0 Å². The van der Waals surface area contributed by atoms with Crippen molar-refractivity contribution in [3.8, 4) is 11.5 Å². The van der Waals surface area contributed by atoms with Crippen LogP contribution in [0.4, 0.5) is 0 Å². The second kappa shape index (κ2) is 6.90. The van der Waals surface area contributed by atoms with Gasteiger partial charge in [-0.15, -0.1) is 5.10 Å². The summed E-state index contributed by atoms with van der Waals surface area (Å²) in [5, 5.41) is 17.8. The van der Waals surface area contributed by atoms with E-state index in [2.05, 4.69) is 15.0 Å². The molecule has 118 valence electrons. The molecule has 0 aliphatic heterocycles. The number of aliphatic hydroxyl groups is 1. The molecule has 0 aliphatic carbocycles. The van der Waals surface area contributed by atoms with Crippen LogP contribution in [0.2, 0.25) is 0 Å². The quantitative estimate of drug-likeness (QED) is 0.789. The summed E-state index contributed by atoms with van der Waals surface area (Å²) in [6.07, 6.45) is 0.499. The first kappa shape index (κ1) is 15.8. The van der Waals surface area contributed by atoms with Crippen LogP contribution >= 0.6 is 0 Å². The topological polar surface area (TPSA) is 95.7 Å². The number of benzene rings is 1. The Morgan fingerprint density at radius 2 is 2.09 bits per heavy atom. The second-order valence-electron chi connectivity index (χ2n) is 4.44. The molecule has 1 aromatic heterocycles. The lowest BCUT2D eigenvalue weighted by Gasteiger charge is -2.15. The van der Waals surface area contributed by atoms with Gasteiger partial charge < -0.3 is 19.3 Å². The van der Waals surface area contributed by atoms with Crippen LogP contribution in [-0.4, -0.2) is 47.4 Å². The van der Waals surface area contributed by atoms with E-state index < -0.39 is 12.1 Å². The number of aromatic nitrogens is 3. The maximum atomic E-state index is 11.3. The maximum absolute atomic E-state index is 11.3. The zero-order valence-corrected chi connectivity index (χ0v) is 12.5. The average Bonchev–Trinajstić information content (AvgIpc) is 3.01. The molecule has 2 aromatic rings. The zero-order valence-electron chi connectivity index (χ0n) is 12.5. The number of carbonyl (C=O) groups excluding carboxylic acids is 1. The van der Waals surface area contributed by atoms with E-state index >= 15 is 0 Å². The number of esters is 1. The van der Waals surface area contributed by atoms with Gasteiger partial charge in [-0.1, -0.05) is 5.21 Å². The van der Waals surface area contributed by atoms with Crippen LogP contribution in [0, 0.1) is 0 Å². The predicted octanol–water partition coefficient (Wildman–Crippen LogP) is 0.815. The Labute approximate surface area is 127 Å². The standard InChI is InChI=1S/C14H17N3O5/c1-20-9-4-5-13(21-2)10(6-9)12(18)8-17-7-11(15-16-17)14(19)22-3/h4-7,12,18H,8H2,1-3H3. The van der Waals surface area contributed by atoms with Gasteiger partial charge in [-0.3, -0.25) is 0 Å². The number of rotatable bonds is 6. The number of hydrogen-bond acceptors (Lipinski definition) is 7. The number of hydrogen-bond donors (Lipinski definition) is 1. The van der Waals surface area contributed by atoms with Crippen molar-refractivity contribution in [1.82, 2.24) is 15.0 Å². The molecule has 0 aliphatic rings. The summed E-state index contributed by atoms with van der Waals surface area (Å²) in [7, 11) is 4.32. The maximum Gasteiger partial charge on any atom is 0.360 e. The summed E-state index contributed by atoms with van der Waals surface area (Å²) in [5.41, 5.74) is 0.629. The number of carbonyl (C=O) groups is 1. The minimum Gasteiger partial charge on any atom is -0.497 e. The fraction of sp³-hybridized carbons (Fsp3) is 0.357. The van der Waals surface area contributed by atoms with Gasteiger partial charge in [0.05, 0.1) is 34.1 Å². The number of nitrogens with zero attached hydrogens (tertiary/aromatic N) is 3. The van der Waals surface area contributed by atoms with Crippen molar-refractivity contribution in [2.24, 2.45) is 0 Å². The van der Waals surface area contributed by atoms with E-state index in [0.29, 0.717) is 17.1 Å². The van der Waals surface area contributed by atoms with Gasteiger partial charge in [0.25, 0.3) is 0 Å². The summed E-state index contributed by atoms with van der Waals surface area (Å²) in [4.78, 5) is 11.3. The second-order valence-corrected chi connectivity index (χ2v) is 4.44. The van der Waals surface area contributed by atoms with Crippen molar-refractivity contribution in [2.45, 2.75) is 12.6 Å². The van der Waals surface area contributed by atoms with Crippen molar-refractivity contribution in [3.05, 3.63) is 35.7 Å². The molecule has 1 aromatic carbocycles. The number of aliphatic hydroxyl groups excluding tert-OH is 1. The molecule has 1 unspecified atom stereocenters. The Morgan fingerprint density at radius 1 is 1.32 bits per heavy atom. The largest absolute Gasteiger partial charge is 0.497 e. The molecule has 1 atom stereocenters. The normalized spacial score (nSPS) is 11.8. The van der Waals surface area contributed by atoms with E-state index in [1.54, 1.807) is 18.2 Å². The Bertz CT molecular complexity index is 656. The molecule has 0 spiro atoms. The third kappa shape index (κ3) is 3.34. The molecule has 0 saturated heterocycles. The van der Waals surface area contributed by atoms with Gasteiger partial charge in [-0.2, -0.15) is 0 Å². The third-order valence-corrected chi connectivity index (χ3v) is 3.09. The Hall–Kier alpha value is -2.61. The number of ether oxygens (including phenoxy) is 3. The number of methoxy groups -OCH3 is 3. The highest BCUT2D eigenvalue weighted by Crippen LogP contribution is 2.30. The lowest BCUT2D eigenvalue weighted by molar-refractivity contribution is 0.0593. The van der Waals surface area contributed by atoms with Gasteiger partial charge >= 0.3 is 5.97 Å². The Kier molecular flexibility index (Phi) is 4.95. The van der Waals surface area contributed by atoms with Crippen LogP contribution in [0.5, 0.6) is 11.5 Å². The van der Waals surface area contributed by atoms with Crippen molar-refractivity contribution in [2.75, 3.05) is 21.3 Å². The third-order valence-electron chi connectivity index (χ3n) is 3.09. The lowest BCUT2D eigenvalue weighted by atomic mass is 10.1. The minimum absolute atomic E-state index is 0.0762. The molecule has 1 heterocycles. The van der Waals surface area contributed by atoms with Crippen LogP contribution < -0.4 is 9.47 Å². The minimum atomic E-state index is -0.905. The van der Waals surface area contributed by atoms with E-state index in [9.17, 15) is 9.90 Å². The molecule has 0 fully saturated rings. The fourth-order valence-corrected chi connectivity index (χ4v) is 1.96. The van der Waals surface area contributed by atoms with Crippen LogP contribution in [0.1, 0.15) is 22.2 Å². The van der Waals surface area contributed by atoms with Crippen molar-refractivity contribution < 1.29 is 24.1 Å². The van der Waals surface area contributed by atoms with Crippen LogP contribution in [-0.2, 0) is 11.3 Å². The van der Waals surface area contributed by atoms with E-state index in [4.69, 9.17) is 9.47 Å². The molecule has 8 heteroatoms. The van der Waals surface area contributed by atoms with Crippen molar-refractivity contribution >= 4 is 5.97 Å². The molecular formula is C14H17N3O5. The summed E-state index contributed by atoms with van der Waals surface area (Å²) in [6, 6.07) is 5.13. The highest BCUT2D eigenvalue weighted by molar-refractivity contribution is 5.86. The van der Waals surface area contributed by atoms with E-state index in [0.717, 1.165) is 0 Å². The molecule has 8 nitrogen and oxygen atoms in total. The highest BCUT2D eigenvalue weighted by atomic mass is 16.5. The molecule has 0 radical (unpaired) electrons. The van der Waals surface area contributed by atoms with Gasteiger partial charge in [0, 0.05) is 5.56 Å². The van der Waals surface area contributed by atoms with Crippen LogP contribution in [0.25, 0.3) is 0 Å². The molecule has 2 rings (SSSR count). The predicted molar refractivity (Wildman–Crippen MR) is 75.9 cm³/mol. The molecule has 0 amide bonds. The van der Waals surface area contributed by atoms with Crippen LogP contribution in [0.15, 0.2) is 24.4 Å². The Morgan fingerprint density at radius 3 is 2.73 bits per heavy atom. The summed E-state index contributed by atoms with van der Waals surface area (Å²) < 4.78 is 16.3. The molecular weight excluding hydrogens is 290 g/mol. The molecule has 0 saturated carbocycles. The van der Waals surface area contributed by atoms with Gasteiger partial charge in [0.15, 0.2) is 5.69 Å². The first-order chi connectivity index (χ1) is 10.6. The van der Waals surface area contributed by atoms with Crippen LogP contribution in [0.3, 0.4) is 0 Å². The molecule has 0 bridgehead atoms. The van der Waals surface area contributed by atoms with Crippen molar-refractivity contribution in [3.63, 3.8) is 0 Å². The summed E-state index contributed by atoms with van der Waals surface area (Å²) >= 11 is 0. The first-order valence-corrected chi connectivity index (χ1v) is 6.47. The SMILES string of the molecule is COC(=O)c1cn(CC(O)c2cc(OC)ccc2OC)nn1. The fourth-order valence-electron chi connectivity index (χ4n) is 1.96. The summed E-state index contributed by atoms with van der Waals surface area (Å²) in [6.45, 7) is 0.105. The highest BCUT2D eigenvalue weighted by Gasteiger charge is 2.17. The van der Waals surface area contributed by atoms with E-state index in [-0.39, 0.29) is 12.2 Å². The molecule has 1 N–H and O–H groups in total. The smallest absolute Gasteiger partial charge is 0.360 e. The molecule has 22 heavy (non-hydrogen) atoms. The monoisotopic (exact) mass is 307 g/mol.